The van der Waals surface area contributed by atoms with Crippen molar-refractivity contribution in [2.24, 2.45) is 0 Å². The van der Waals surface area contributed by atoms with Gasteiger partial charge in [0.2, 0.25) is 0 Å². The summed E-state index contributed by atoms with van der Waals surface area (Å²) in [5, 5.41) is 11.8. The van der Waals surface area contributed by atoms with Crippen LogP contribution in [-0.2, 0) is 77.8 Å². The van der Waals surface area contributed by atoms with E-state index < -0.39 is 104 Å². The normalized spacial score (nSPS) is 26.2. The van der Waals surface area contributed by atoms with Crippen LogP contribution in [0.15, 0.2) is 67.3 Å². The molecule has 4 rings (SSSR count). The number of esters is 6. The molecule has 0 amide bonds. The van der Waals surface area contributed by atoms with Gasteiger partial charge in [0.25, 0.3) is 0 Å². The van der Waals surface area contributed by atoms with E-state index in [0.29, 0.717) is 30.1 Å². The molecule has 2 heterocycles. The highest BCUT2D eigenvalue weighted by molar-refractivity contribution is 5.87. The zero-order chi connectivity index (χ0) is 43.9. The third kappa shape index (κ3) is 14.3. The van der Waals surface area contributed by atoms with E-state index in [-0.39, 0.29) is 6.61 Å². The molecule has 2 fully saturated rings. The summed E-state index contributed by atoms with van der Waals surface area (Å²) in [5.41, 5.74) is 1.42. The predicted octanol–water partition coefficient (Wildman–Crippen LogP) is 2.94. The summed E-state index contributed by atoms with van der Waals surface area (Å²) in [5.74, 6) is -3.59. The molecule has 2 aromatic rings. The first-order valence-corrected chi connectivity index (χ1v) is 19.0. The van der Waals surface area contributed by atoms with E-state index in [1.807, 2.05) is 12.1 Å². The minimum absolute atomic E-state index is 0.00474. The largest absolute Gasteiger partial charge is 0.490 e. The fourth-order valence-corrected chi connectivity index (χ4v) is 6.26. The molecule has 0 spiro atoms. The summed E-state index contributed by atoms with van der Waals surface area (Å²) < 4.78 is 62.5. The second-order valence-electron chi connectivity index (χ2n) is 13.6. The molecule has 326 valence electrons. The molecule has 2 saturated heterocycles. The zero-order valence-corrected chi connectivity index (χ0v) is 34.0. The van der Waals surface area contributed by atoms with Gasteiger partial charge in [-0.2, -0.15) is 0 Å². The predicted molar refractivity (Wildman–Crippen MR) is 206 cm³/mol. The van der Waals surface area contributed by atoms with Crippen LogP contribution in [0.1, 0.15) is 52.7 Å². The van der Waals surface area contributed by atoms with Crippen molar-refractivity contribution in [2.45, 2.75) is 109 Å². The number of rotatable bonds is 18. The molecule has 0 radical (unpaired) electrons. The minimum atomic E-state index is -1.74. The highest BCUT2D eigenvalue weighted by Crippen LogP contribution is 2.34. The lowest BCUT2D eigenvalue weighted by atomic mass is 9.96. The summed E-state index contributed by atoms with van der Waals surface area (Å²) in [6, 6.07) is 13.5. The van der Waals surface area contributed by atoms with E-state index in [4.69, 9.17) is 52.1 Å². The molecular weight excluding hydrogens is 792 g/mol. The van der Waals surface area contributed by atoms with Crippen LogP contribution in [0, 0.1) is 0 Å². The number of hydrogen-bond donors (Lipinski definition) is 1. The van der Waals surface area contributed by atoms with E-state index >= 15 is 0 Å². The van der Waals surface area contributed by atoms with Gasteiger partial charge < -0.3 is 57.2 Å². The van der Waals surface area contributed by atoms with Crippen LogP contribution in [0.4, 0.5) is 0 Å². The summed E-state index contributed by atoms with van der Waals surface area (Å²) in [6.07, 6.45) is -10.1. The number of aliphatic hydroxyl groups excluding tert-OH is 1. The van der Waals surface area contributed by atoms with Crippen molar-refractivity contribution in [3.8, 4) is 11.5 Å². The van der Waals surface area contributed by atoms with Gasteiger partial charge >= 0.3 is 35.8 Å². The van der Waals surface area contributed by atoms with Crippen molar-refractivity contribution in [3.63, 3.8) is 0 Å². The summed E-state index contributed by atoms with van der Waals surface area (Å²) in [7, 11) is 0. The molecule has 0 aromatic heterocycles. The topological polar surface area (TPSA) is 224 Å². The van der Waals surface area contributed by atoms with Crippen molar-refractivity contribution in [2.75, 3.05) is 19.8 Å². The van der Waals surface area contributed by atoms with Crippen LogP contribution in [0.2, 0.25) is 0 Å². The van der Waals surface area contributed by atoms with Gasteiger partial charge in [-0.05, 0) is 54.8 Å². The molecule has 0 aliphatic carbocycles. The smallest absolute Gasteiger partial charge is 0.330 e. The lowest BCUT2D eigenvalue weighted by Gasteiger charge is -2.48. The molecule has 0 bridgehead atoms. The first-order chi connectivity index (χ1) is 28.5. The molecule has 2 aromatic carbocycles. The summed E-state index contributed by atoms with van der Waals surface area (Å²) in [6.45, 7) is 10.6. The SMILES string of the molecule is C=CCOc1ccc(CCO[C@@H]2O[C@H](COC(=O)/C=C/c3ccc(OC(C)=O)cc3)[C@@H](O)[C@H](O[C@@H]3O[C@@H](C)[C@H](OC(C)=O)[C@@H](OC(C)=O)[C@H]3OC(C)=O)[C@H]2OC(C)=O)cc1. The van der Waals surface area contributed by atoms with Crippen LogP contribution < -0.4 is 9.47 Å². The number of carbonyl (C=O) groups is 6. The second-order valence-corrected chi connectivity index (χ2v) is 13.6. The maximum Gasteiger partial charge on any atom is 0.330 e. The van der Waals surface area contributed by atoms with E-state index in [1.54, 1.807) is 42.5 Å². The van der Waals surface area contributed by atoms with Gasteiger partial charge in [-0.15, -0.1) is 0 Å². The third-order valence-electron chi connectivity index (χ3n) is 8.75. The standard InChI is InChI=1S/C42H50O18/c1-8-20-50-31-14-9-30(10-15-31)19-21-51-41-39(57-27(6)46)37(60-42-40(58-28(7)47)38(56-26(5)45)36(23(2)53-42)55-25(4)44)35(49)33(59-41)22-52-34(48)18-13-29-11-16-32(17-12-29)54-24(3)43/h8-18,23,33,35-42,49H,1,19-22H2,2-7H3/b18-13+/t23-,33+,35+,36-,37-,38+,39+,40+,41+,42-/m0/s1. The maximum atomic E-state index is 12.9. The maximum absolute atomic E-state index is 12.9. The third-order valence-corrected chi connectivity index (χ3v) is 8.75. The Morgan fingerprint density at radius 3 is 1.85 bits per heavy atom. The molecule has 10 atom stereocenters. The first-order valence-electron chi connectivity index (χ1n) is 19.0. The van der Waals surface area contributed by atoms with Gasteiger partial charge in [-0.1, -0.05) is 36.9 Å². The van der Waals surface area contributed by atoms with Crippen LogP contribution in [0.5, 0.6) is 11.5 Å². The van der Waals surface area contributed by atoms with Crippen molar-refractivity contribution in [1.82, 2.24) is 0 Å². The average Bonchev–Trinajstić information content (AvgIpc) is 3.17. The van der Waals surface area contributed by atoms with Gasteiger partial charge in [0.05, 0.1) is 12.7 Å². The van der Waals surface area contributed by atoms with E-state index in [1.165, 1.54) is 19.9 Å². The Morgan fingerprint density at radius 1 is 0.700 bits per heavy atom. The highest BCUT2D eigenvalue weighted by Gasteiger charge is 2.55. The van der Waals surface area contributed by atoms with Crippen molar-refractivity contribution in [3.05, 3.63) is 78.4 Å². The number of hydrogen-bond acceptors (Lipinski definition) is 18. The van der Waals surface area contributed by atoms with Crippen LogP contribution >= 0.6 is 0 Å². The highest BCUT2D eigenvalue weighted by atomic mass is 16.8. The molecule has 18 heteroatoms. The van der Waals surface area contributed by atoms with E-state index in [2.05, 4.69) is 6.58 Å². The van der Waals surface area contributed by atoms with Crippen LogP contribution in [-0.4, -0.2) is 122 Å². The minimum Gasteiger partial charge on any atom is -0.490 e. The van der Waals surface area contributed by atoms with Gasteiger partial charge in [-0.3, -0.25) is 24.0 Å². The van der Waals surface area contributed by atoms with Crippen molar-refractivity contribution < 1.29 is 86.0 Å². The molecule has 0 unspecified atom stereocenters. The molecule has 18 nitrogen and oxygen atoms in total. The Labute approximate surface area is 346 Å². The number of benzene rings is 2. The molecule has 60 heavy (non-hydrogen) atoms. The molecular formula is C42H50O18. The summed E-state index contributed by atoms with van der Waals surface area (Å²) in [4.78, 5) is 73.4. The molecule has 1 N–H and O–H groups in total. The molecule has 2 aliphatic rings. The van der Waals surface area contributed by atoms with Gasteiger partial charge in [0, 0.05) is 40.7 Å². The number of aliphatic hydroxyl groups is 1. The number of carbonyl (C=O) groups excluding carboxylic acids is 6. The van der Waals surface area contributed by atoms with E-state index in [0.717, 1.165) is 39.3 Å². The average molecular weight is 843 g/mol. The van der Waals surface area contributed by atoms with Crippen LogP contribution in [0.3, 0.4) is 0 Å². The van der Waals surface area contributed by atoms with E-state index in [9.17, 15) is 33.9 Å². The van der Waals surface area contributed by atoms with Crippen molar-refractivity contribution >= 4 is 41.9 Å². The Balaban J connectivity index is 1.61. The van der Waals surface area contributed by atoms with Gasteiger partial charge in [0.15, 0.2) is 37.0 Å². The Morgan fingerprint density at radius 2 is 1.27 bits per heavy atom. The number of ether oxygens (including phenoxy) is 11. The lowest BCUT2D eigenvalue weighted by Crippen LogP contribution is -2.66. The lowest BCUT2D eigenvalue weighted by molar-refractivity contribution is -0.358. The molecule has 0 saturated carbocycles. The zero-order valence-electron chi connectivity index (χ0n) is 34.0. The monoisotopic (exact) mass is 842 g/mol. The quantitative estimate of drug-likeness (QED) is 0.0749. The second kappa shape index (κ2) is 22.6. The Hall–Kier alpha value is -5.66. The molecule has 2 aliphatic heterocycles. The van der Waals surface area contributed by atoms with Crippen LogP contribution in [0.25, 0.3) is 6.08 Å². The first kappa shape index (κ1) is 47.0. The van der Waals surface area contributed by atoms with Crippen molar-refractivity contribution in [1.29, 1.82) is 0 Å². The fourth-order valence-electron chi connectivity index (χ4n) is 6.26. The van der Waals surface area contributed by atoms with Gasteiger partial charge in [-0.25, -0.2) is 4.79 Å². The fraction of sp³-hybridized carbons (Fsp3) is 0.476. The Kier molecular flexibility index (Phi) is 17.7. The Bertz CT molecular complexity index is 1820. The van der Waals surface area contributed by atoms with Gasteiger partial charge in [0.1, 0.15) is 43.0 Å². The summed E-state index contributed by atoms with van der Waals surface area (Å²) >= 11 is 0.